The van der Waals surface area contributed by atoms with Crippen molar-refractivity contribution in [3.8, 4) is 0 Å². The molecular formula is C23H22N2O2. The number of rotatable bonds is 4. The molecule has 136 valence electrons. The van der Waals surface area contributed by atoms with Crippen molar-refractivity contribution in [1.29, 1.82) is 0 Å². The van der Waals surface area contributed by atoms with Crippen molar-refractivity contribution in [3.05, 3.63) is 94.5 Å². The molecule has 0 spiro atoms. The van der Waals surface area contributed by atoms with Crippen molar-refractivity contribution in [2.45, 2.75) is 20.8 Å². The zero-order chi connectivity index (χ0) is 19.4. The van der Waals surface area contributed by atoms with E-state index >= 15 is 0 Å². The van der Waals surface area contributed by atoms with Crippen molar-refractivity contribution in [1.82, 2.24) is 0 Å². The van der Waals surface area contributed by atoms with Gasteiger partial charge in [0.1, 0.15) is 0 Å². The lowest BCUT2D eigenvalue weighted by atomic mass is 10.0. The van der Waals surface area contributed by atoms with Crippen LogP contribution in [0.25, 0.3) is 0 Å². The Morgan fingerprint density at radius 2 is 1.37 bits per heavy atom. The number of benzene rings is 3. The first-order chi connectivity index (χ1) is 13.0. The molecule has 4 nitrogen and oxygen atoms in total. The van der Waals surface area contributed by atoms with Crippen molar-refractivity contribution in [3.63, 3.8) is 0 Å². The van der Waals surface area contributed by atoms with Gasteiger partial charge in [-0.2, -0.15) is 0 Å². The Bertz CT molecular complexity index is 1010. The Morgan fingerprint density at radius 1 is 0.704 bits per heavy atom. The third kappa shape index (κ3) is 4.23. The van der Waals surface area contributed by atoms with Gasteiger partial charge in [-0.1, -0.05) is 36.4 Å². The molecule has 2 amide bonds. The van der Waals surface area contributed by atoms with Gasteiger partial charge in [-0.05, 0) is 67.8 Å². The predicted molar refractivity (Wildman–Crippen MR) is 109 cm³/mol. The van der Waals surface area contributed by atoms with Gasteiger partial charge in [0.05, 0.1) is 11.3 Å². The molecule has 3 rings (SSSR count). The van der Waals surface area contributed by atoms with E-state index in [4.69, 9.17) is 0 Å². The van der Waals surface area contributed by atoms with Gasteiger partial charge < -0.3 is 10.6 Å². The molecule has 0 aliphatic rings. The fourth-order valence-corrected chi connectivity index (χ4v) is 2.90. The summed E-state index contributed by atoms with van der Waals surface area (Å²) in [5, 5.41) is 5.76. The van der Waals surface area contributed by atoms with Gasteiger partial charge in [0, 0.05) is 11.3 Å². The highest BCUT2D eigenvalue weighted by atomic mass is 16.2. The van der Waals surface area contributed by atoms with Crippen molar-refractivity contribution < 1.29 is 9.59 Å². The topological polar surface area (TPSA) is 58.2 Å². The van der Waals surface area contributed by atoms with E-state index in [1.165, 1.54) is 0 Å². The summed E-state index contributed by atoms with van der Waals surface area (Å²) in [6, 6.07) is 20.2. The Kier molecular flexibility index (Phi) is 5.36. The Hall–Kier alpha value is -3.40. The molecule has 0 atom stereocenters. The second-order valence-corrected chi connectivity index (χ2v) is 6.57. The monoisotopic (exact) mass is 358 g/mol. The number of carbonyl (C=O) groups is 2. The van der Waals surface area contributed by atoms with E-state index in [1.54, 1.807) is 30.3 Å². The standard InChI is InChI=1S/C23H22N2O2/c1-15-8-6-10-18(14-15)24-23(27)20-11-4-5-13-21(20)25-22(26)19-12-7-9-16(2)17(19)3/h4-14H,1-3H3,(H,24,27)(H,25,26). The molecular weight excluding hydrogens is 336 g/mol. The maximum absolute atomic E-state index is 12.7. The van der Waals surface area contributed by atoms with E-state index in [9.17, 15) is 9.59 Å². The minimum Gasteiger partial charge on any atom is -0.322 e. The highest BCUT2D eigenvalue weighted by molar-refractivity contribution is 6.12. The predicted octanol–water partition coefficient (Wildman–Crippen LogP) is 5.12. The molecule has 0 radical (unpaired) electrons. The third-order valence-electron chi connectivity index (χ3n) is 4.55. The van der Waals surface area contributed by atoms with Crippen LogP contribution >= 0.6 is 0 Å². The van der Waals surface area contributed by atoms with Crippen LogP contribution in [0.2, 0.25) is 0 Å². The normalized spacial score (nSPS) is 10.3. The molecule has 0 fully saturated rings. The molecule has 0 heterocycles. The molecule has 0 saturated heterocycles. The quantitative estimate of drug-likeness (QED) is 0.680. The lowest BCUT2D eigenvalue weighted by molar-refractivity contribution is 0.102. The van der Waals surface area contributed by atoms with Gasteiger partial charge >= 0.3 is 0 Å². The number of carbonyl (C=O) groups excluding carboxylic acids is 2. The number of hydrogen-bond acceptors (Lipinski definition) is 2. The van der Waals surface area contributed by atoms with Gasteiger partial charge in [-0.25, -0.2) is 0 Å². The Labute approximate surface area is 159 Å². The molecule has 4 heteroatoms. The van der Waals surface area contributed by atoms with Crippen LogP contribution in [0, 0.1) is 20.8 Å². The van der Waals surface area contributed by atoms with Crippen LogP contribution in [0.5, 0.6) is 0 Å². The minimum atomic E-state index is -0.266. The van der Waals surface area contributed by atoms with Gasteiger partial charge in [0.15, 0.2) is 0 Å². The zero-order valence-corrected chi connectivity index (χ0v) is 15.7. The van der Waals surface area contributed by atoms with E-state index in [1.807, 2.05) is 57.2 Å². The Morgan fingerprint density at radius 3 is 2.15 bits per heavy atom. The molecule has 0 unspecified atom stereocenters. The zero-order valence-electron chi connectivity index (χ0n) is 15.7. The maximum Gasteiger partial charge on any atom is 0.257 e. The van der Waals surface area contributed by atoms with Crippen molar-refractivity contribution in [2.75, 3.05) is 10.6 Å². The lowest BCUT2D eigenvalue weighted by Gasteiger charge is -2.13. The first-order valence-corrected chi connectivity index (χ1v) is 8.80. The molecule has 0 bridgehead atoms. The fraction of sp³-hybridized carbons (Fsp3) is 0.130. The smallest absolute Gasteiger partial charge is 0.257 e. The van der Waals surface area contributed by atoms with E-state index in [0.29, 0.717) is 16.8 Å². The van der Waals surface area contributed by atoms with Crippen molar-refractivity contribution in [2.24, 2.45) is 0 Å². The number of amides is 2. The summed E-state index contributed by atoms with van der Waals surface area (Å²) in [7, 11) is 0. The largest absolute Gasteiger partial charge is 0.322 e. The van der Waals surface area contributed by atoms with Crippen LogP contribution in [0.4, 0.5) is 11.4 Å². The number of anilines is 2. The van der Waals surface area contributed by atoms with E-state index < -0.39 is 0 Å². The second kappa shape index (κ2) is 7.87. The van der Waals surface area contributed by atoms with Gasteiger partial charge in [-0.15, -0.1) is 0 Å². The molecule has 3 aromatic rings. The van der Waals surface area contributed by atoms with E-state index in [-0.39, 0.29) is 11.8 Å². The van der Waals surface area contributed by atoms with E-state index in [0.717, 1.165) is 22.4 Å². The first kappa shape index (κ1) is 18.4. The lowest BCUT2D eigenvalue weighted by Crippen LogP contribution is -2.19. The molecule has 27 heavy (non-hydrogen) atoms. The minimum absolute atomic E-state index is 0.230. The van der Waals surface area contributed by atoms with Gasteiger partial charge in [-0.3, -0.25) is 9.59 Å². The number of nitrogens with one attached hydrogen (secondary N) is 2. The summed E-state index contributed by atoms with van der Waals surface area (Å²) in [5.41, 5.74) is 5.25. The average molecular weight is 358 g/mol. The van der Waals surface area contributed by atoms with Crippen LogP contribution in [-0.4, -0.2) is 11.8 Å². The third-order valence-corrected chi connectivity index (χ3v) is 4.55. The Balaban J connectivity index is 1.84. The highest BCUT2D eigenvalue weighted by Gasteiger charge is 2.16. The summed E-state index contributed by atoms with van der Waals surface area (Å²) in [6.07, 6.45) is 0. The number of hydrogen-bond donors (Lipinski definition) is 2. The van der Waals surface area contributed by atoms with Crippen LogP contribution in [0.15, 0.2) is 66.7 Å². The molecule has 0 aliphatic carbocycles. The second-order valence-electron chi connectivity index (χ2n) is 6.57. The molecule has 0 aliphatic heterocycles. The first-order valence-electron chi connectivity index (χ1n) is 8.80. The summed E-state index contributed by atoms with van der Waals surface area (Å²) in [5.74, 6) is -0.496. The number of para-hydroxylation sites is 1. The van der Waals surface area contributed by atoms with Crippen LogP contribution < -0.4 is 10.6 Å². The van der Waals surface area contributed by atoms with Crippen molar-refractivity contribution >= 4 is 23.2 Å². The summed E-state index contributed by atoms with van der Waals surface area (Å²) < 4.78 is 0. The summed E-state index contributed by atoms with van der Waals surface area (Å²) in [6.45, 7) is 5.85. The molecule has 0 aromatic heterocycles. The summed E-state index contributed by atoms with van der Waals surface area (Å²) in [4.78, 5) is 25.4. The highest BCUT2D eigenvalue weighted by Crippen LogP contribution is 2.20. The molecule has 2 N–H and O–H groups in total. The molecule has 3 aromatic carbocycles. The van der Waals surface area contributed by atoms with Crippen LogP contribution in [-0.2, 0) is 0 Å². The average Bonchev–Trinajstić information content (AvgIpc) is 2.64. The number of aryl methyl sites for hydroxylation is 2. The SMILES string of the molecule is Cc1cccc(NC(=O)c2ccccc2NC(=O)c2cccc(C)c2C)c1. The maximum atomic E-state index is 12.7. The molecule has 0 saturated carbocycles. The van der Waals surface area contributed by atoms with Gasteiger partial charge in [0.2, 0.25) is 0 Å². The van der Waals surface area contributed by atoms with Crippen LogP contribution in [0.1, 0.15) is 37.4 Å². The van der Waals surface area contributed by atoms with E-state index in [2.05, 4.69) is 10.6 Å². The van der Waals surface area contributed by atoms with Gasteiger partial charge in [0.25, 0.3) is 11.8 Å². The van der Waals surface area contributed by atoms with Crippen LogP contribution in [0.3, 0.4) is 0 Å². The fourth-order valence-electron chi connectivity index (χ4n) is 2.90. The summed E-state index contributed by atoms with van der Waals surface area (Å²) >= 11 is 0.